The molecule has 0 unspecified atom stereocenters. The molecule has 0 aliphatic carbocycles. The minimum atomic E-state index is -1.05. The second kappa shape index (κ2) is 6.20. The minimum absolute atomic E-state index is 0.0958. The Labute approximate surface area is 131 Å². The van der Waals surface area contributed by atoms with Gasteiger partial charge in [-0.05, 0) is 24.3 Å². The maximum absolute atomic E-state index is 13.2. The van der Waals surface area contributed by atoms with Crippen molar-refractivity contribution in [3.63, 3.8) is 0 Å². The number of halogens is 2. The lowest BCUT2D eigenvalue weighted by atomic mass is 10.1. The SMILES string of the molecule is O=C(c1ccoc1)N1CCN(C(=O)c2ccc(F)c(F)c2)CC1. The number of furan rings is 1. The van der Waals surface area contributed by atoms with Gasteiger partial charge in [-0.3, -0.25) is 9.59 Å². The molecule has 7 heteroatoms. The van der Waals surface area contributed by atoms with Crippen LogP contribution in [0.4, 0.5) is 8.78 Å². The summed E-state index contributed by atoms with van der Waals surface area (Å²) >= 11 is 0. The lowest BCUT2D eigenvalue weighted by Gasteiger charge is -2.34. The van der Waals surface area contributed by atoms with Crippen LogP contribution in [0.2, 0.25) is 0 Å². The van der Waals surface area contributed by atoms with Crippen molar-refractivity contribution >= 4 is 11.8 Å². The van der Waals surface area contributed by atoms with Crippen molar-refractivity contribution in [3.8, 4) is 0 Å². The van der Waals surface area contributed by atoms with Crippen LogP contribution in [0.5, 0.6) is 0 Å². The van der Waals surface area contributed by atoms with E-state index < -0.39 is 11.6 Å². The quantitative estimate of drug-likeness (QED) is 0.852. The van der Waals surface area contributed by atoms with Crippen LogP contribution in [-0.2, 0) is 0 Å². The molecule has 1 aliphatic rings. The van der Waals surface area contributed by atoms with E-state index in [9.17, 15) is 18.4 Å². The van der Waals surface area contributed by atoms with Gasteiger partial charge in [0.05, 0.1) is 11.8 Å². The van der Waals surface area contributed by atoms with E-state index in [1.807, 2.05) is 0 Å². The van der Waals surface area contributed by atoms with Crippen LogP contribution in [0.1, 0.15) is 20.7 Å². The summed E-state index contributed by atoms with van der Waals surface area (Å²) in [6, 6.07) is 4.66. The van der Waals surface area contributed by atoms with Gasteiger partial charge in [-0.25, -0.2) is 8.78 Å². The van der Waals surface area contributed by atoms with Gasteiger partial charge in [0.2, 0.25) is 0 Å². The van der Waals surface area contributed by atoms with Crippen molar-refractivity contribution in [3.05, 3.63) is 59.6 Å². The number of benzene rings is 1. The van der Waals surface area contributed by atoms with Gasteiger partial charge in [-0.15, -0.1) is 0 Å². The van der Waals surface area contributed by atoms with Gasteiger partial charge in [0.25, 0.3) is 11.8 Å². The summed E-state index contributed by atoms with van der Waals surface area (Å²) in [7, 11) is 0. The van der Waals surface area contributed by atoms with E-state index in [1.54, 1.807) is 11.0 Å². The van der Waals surface area contributed by atoms with Crippen molar-refractivity contribution in [2.24, 2.45) is 0 Å². The molecule has 0 saturated carbocycles. The van der Waals surface area contributed by atoms with Crippen LogP contribution in [-0.4, -0.2) is 47.8 Å². The number of piperazine rings is 1. The molecule has 23 heavy (non-hydrogen) atoms. The van der Waals surface area contributed by atoms with E-state index in [4.69, 9.17) is 4.42 Å². The Balaban J connectivity index is 1.63. The largest absolute Gasteiger partial charge is 0.472 e. The molecule has 5 nitrogen and oxygen atoms in total. The molecule has 0 N–H and O–H groups in total. The van der Waals surface area contributed by atoms with E-state index >= 15 is 0 Å². The molecule has 1 fully saturated rings. The number of nitrogens with zero attached hydrogens (tertiary/aromatic N) is 2. The highest BCUT2D eigenvalue weighted by Crippen LogP contribution is 2.14. The maximum atomic E-state index is 13.2. The summed E-state index contributed by atoms with van der Waals surface area (Å²) in [5, 5.41) is 0. The third kappa shape index (κ3) is 3.08. The van der Waals surface area contributed by atoms with Crippen LogP contribution in [0.3, 0.4) is 0 Å². The maximum Gasteiger partial charge on any atom is 0.257 e. The van der Waals surface area contributed by atoms with Crippen molar-refractivity contribution < 1.29 is 22.8 Å². The number of carbonyl (C=O) groups is 2. The summed E-state index contributed by atoms with van der Waals surface area (Å²) in [6.07, 6.45) is 2.80. The monoisotopic (exact) mass is 320 g/mol. The fourth-order valence-corrected chi connectivity index (χ4v) is 2.49. The molecule has 0 atom stereocenters. The minimum Gasteiger partial charge on any atom is -0.472 e. The van der Waals surface area contributed by atoms with Crippen LogP contribution >= 0.6 is 0 Å². The highest BCUT2D eigenvalue weighted by molar-refractivity contribution is 5.95. The summed E-state index contributed by atoms with van der Waals surface area (Å²) < 4.78 is 31.0. The van der Waals surface area contributed by atoms with Crippen LogP contribution in [0.25, 0.3) is 0 Å². The topological polar surface area (TPSA) is 53.8 Å². The Morgan fingerprint density at radius 2 is 1.48 bits per heavy atom. The highest BCUT2D eigenvalue weighted by Gasteiger charge is 2.26. The molecule has 120 valence electrons. The first kappa shape index (κ1) is 15.2. The number of amides is 2. The Bertz CT molecular complexity index is 723. The van der Waals surface area contributed by atoms with Crippen molar-refractivity contribution in [2.75, 3.05) is 26.2 Å². The third-order valence-corrected chi connectivity index (χ3v) is 3.79. The first-order chi connectivity index (χ1) is 11.1. The molecule has 2 heterocycles. The van der Waals surface area contributed by atoms with Gasteiger partial charge >= 0.3 is 0 Å². The summed E-state index contributed by atoms with van der Waals surface area (Å²) in [6.45, 7) is 1.42. The standard InChI is InChI=1S/C16H14F2N2O3/c17-13-2-1-11(9-14(13)18)15(21)19-4-6-20(7-5-19)16(22)12-3-8-23-10-12/h1-3,8-10H,4-7H2. The van der Waals surface area contributed by atoms with Gasteiger partial charge in [-0.2, -0.15) is 0 Å². The number of hydrogen-bond donors (Lipinski definition) is 0. The zero-order valence-electron chi connectivity index (χ0n) is 12.2. The molecule has 3 rings (SSSR count). The van der Waals surface area contributed by atoms with E-state index in [2.05, 4.69) is 0 Å². The first-order valence-electron chi connectivity index (χ1n) is 7.12. The molecule has 1 aliphatic heterocycles. The summed E-state index contributed by atoms with van der Waals surface area (Å²) in [5.41, 5.74) is 0.559. The second-order valence-electron chi connectivity index (χ2n) is 5.23. The van der Waals surface area contributed by atoms with Crippen molar-refractivity contribution in [1.29, 1.82) is 0 Å². The molecule has 2 aromatic rings. The lowest BCUT2D eigenvalue weighted by molar-refractivity contribution is 0.0534. The summed E-state index contributed by atoms with van der Waals surface area (Å²) in [4.78, 5) is 27.6. The second-order valence-corrected chi connectivity index (χ2v) is 5.23. The summed E-state index contributed by atoms with van der Waals surface area (Å²) in [5.74, 6) is -2.57. The predicted molar refractivity (Wildman–Crippen MR) is 76.9 cm³/mol. The molecule has 1 aromatic heterocycles. The average molecular weight is 320 g/mol. The fourth-order valence-electron chi connectivity index (χ4n) is 2.49. The fraction of sp³-hybridized carbons (Fsp3) is 0.250. The van der Waals surface area contributed by atoms with Gasteiger partial charge < -0.3 is 14.2 Å². The predicted octanol–water partition coefficient (Wildman–Crippen LogP) is 2.16. The smallest absolute Gasteiger partial charge is 0.257 e. The lowest BCUT2D eigenvalue weighted by Crippen LogP contribution is -2.50. The van der Waals surface area contributed by atoms with Gasteiger partial charge in [0, 0.05) is 31.7 Å². The normalized spacial score (nSPS) is 14.9. The molecular weight excluding hydrogens is 306 g/mol. The Morgan fingerprint density at radius 1 is 0.870 bits per heavy atom. The molecule has 1 aromatic carbocycles. The highest BCUT2D eigenvalue weighted by atomic mass is 19.2. The molecule has 0 bridgehead atoms. The zero-order chi connectivity index (χ0) is 16.4. The van der Waals surface area contributed by atoms with Crippen molar-refractivity contribution in [1.82, 2.24) is 9.80 Å². The third-order valence-electron chi connectivity index (χ3n) is 3.79. The molecule has 1 saturated heterocycles. The first-order valence-corrected chi connectivity index (χ1v) is 7.12. The Morgan fingerprint density at radius 3 is 2.00 bits per heavy atom. The molecular formula is C16H14F2N2O3. The van der Waals surface area contributed by atoms with E-state index in [0.29, 0.717) is 31.7 Å². The van der Waals surface area contributed by atoms with Crippen LogP contribution in [0, 0.1) is 11.6 Å². The number of rotatable bonds is 2. The van der Waals surface area contributed by atoms with Crippen LogP contribution in [0.15, 0.2) is 41.2 Å². The van der Waals surface area contributed by atoms with Crippen molar-refractivity contribution in [2.45, 2.75) is 0 Å². The molecule has 2 amide bonds. The Kier molecular flexibility index (Phi) is 4.10. The van der Waals surface area contributed by atoms with Gasteiger partial charge in [0.1, 0.15) is 6.26 Å². The zero-order valence-corrected chi connectivity index (χ0v) is 12.2. The van der Waals surface area contributed by atoms with Crippen LogP contribution < -0.4 is 0 Å². The number of hydrogen-bond acceptors (Lipinski definition) is 3. The molecule has 0 radical (unpaired) electrons. The van der Waals surface area contributed by atoms with E-state index in [-0.39, 0.29) is 17.4 Å². The van der Waals surface area contributed by atoms with Gasteiger partial charge in [0.15, 0.2) is 11.6 Å². The van der Waals surface area contributed by atoms with E-state index in [1.165, 1.54) is 23.5 Å². The number of carbonyl (C=O) groups excluding carboxylic acids is 2. The van der Waals surface area contributed by atoms with E-state index in [0.717, 1.165) is 12.1 Å². The van der Waals surface area contributed by atoms with Gasteiger partial charge in [-0.1, -0.05) is 0 Å². The average Bonchev–Trinajstić information content (AvgIpc) is 3.11. The Hall–Kier alpha value is -2.70. The molecule has 0 spiro atoms.